The van der Waals surface area contributed by atoms with Crippen molar-refractivity contribution >= 4 is 21.8 Å². The largest absolute Gasteiger partial charge is 3.00 e. The molecule has 2 nitrogen and oxygen atoms in total. The van der Waals surface area contributed by atoms with Crippen LogP contribution in [-0.2, 0) is 27.8 Å². The van der Waals surface area contributed by atoms with Crippen molar-refractivity contribution < 1.29 is 22.4 Å². The predicted octanol–water partition coefficient (Wildman–Crippen LogP) is 10.5. The zero-order valence-corrected chi connectivity index (χ0v) is 27.8. The minimum absolute atomic E-state index is 0. The molecule has 0 saturated carbocycles. The third-order valence-electron chi connectivity index (χ3n) is 8.37. The van der Waals surface area contributed by atoms with E-state index >= 15 is 0 Å². The molecule has 0 unspecified atom stereocenters. The predicted molar refractivity (Wildman–Crippen MR) is 180 cm³/mol. The Balaban J connectivity index is 0.00000343. The number of benzene rings is 5. The molecule has 0 radical (unpaired) electrons. The topological polar surface area (TPSA) is 27.0 Å². The standard InChI is InChI=1S/C41H33N2.Au/c1-26-21-27(2)37(35-13-10-12-34-33-11-6-7-15-39(33)43-40(34)35)25-36(26)30-22-29(23-31(24-30)38-14-8-9-20-42-38)28-16-18-32(19-17-28)41(3,4)5;/h6-23H,1-5H3;/q-3;+3. The van der Waals surface area contributed by atoms with Gasteiger partial charge in [0.25, 0.3) is 0 Å². The van der Waals surface area contributed by atoms with E-state index < -0.39 is 0 Å². The first-order valence-electron chi connectivity index (χ1n) is 14.8. The first-order valence-corrected chi connectivity index (χ1v) is 14.8. The van der Waals surface area contributed by atoms with Gasteiger partial charge in [0, 0.05) is 11.9 Å². The minimum atomic E-state index is 0. The van der Waals surface area contributed by atoms with Crippen LogP contribution < -0.4 is 4.98 Å². The summed E-state index contributed by atoms with van der Waals surface area (Å²) in [6.07, 6.45) is 1.84. The molecular weight excluding hydrogens is 717 g/mol. The molecule has 0 fully saturated rings. The van der Waals surface area contributed by atoms with Gasteiger partial charge in [-0.15, -0.1) is 39.9 Å². The van der Waals surface area contributed by atoms with Crippen LogP contribution in [0.2, 0.25) is 0 Å². The maximum Gasteiger partial charge on any atom is 3.00 e. The average Bonchev–Trinajstić information content (AvgIpc) is 3.40. The van der Waals surface area contributed by atoms with Crippen LogP contribution in [0.4, 0.5) is 0 Å². The first kappa shape index (κ1) is 29.8. The van der Waals surface area contributed by atoms with Crippen LogP contribution >= 0.6 is 0 Å². The molecule has 0 saturated heterocycles. The summed E-state index contributed by atoms with van der Waals surface area (Å²) in [6, 6.07) is 44.1. The summed E-state index contributed by atoms with van der Waals surface area (Å²) in [4.78, 5) is 9.73. The van der Waals surface area contributed by atoms with Gasteiger partial charge in [-0.25, -0.2) is 0 Å². The van der Waals surface area contributed by atoms with Gasteiger partial charge in [-0.05, 0) is 33.4 Å². The Hall–Kier alpha value is -4.21. The molecule has 218 valence electrons. The van der Waals surface area contributed by atoms with Crippen LogP contribution in [0.1, 0.15) is 37.5 Å². The third kappa shape index (κ3) is 5.46. The van der Waals surface area contributed by atoms with E-state index in [4.69, 9.17) is 4.98 Å². The molecule has 7 rings (SSSR count). The van der Waals surface area contributed by atoms with Crippen LogP contribution in [0.25, 0.3) is 66.4 Å². The van der Waals surface area contributed by atoms with E-state index in [-0.39, 0.29) is 27.8 Å². The number of para-hydroxylation sites is 2. The number of nitrogens with zero attached hydrogens (tertiary/aromatic N) is 2. The Morgan fingerprint density at radius 3 is 2.09 bits per heavy atom. The van der Waals surface area contributed by atoms with Gasteiger partial charge in [0.1, 0.15) is 0 Å². The van der Waals surface area contributed by atoms with Gasteiger partial charge in [-0.1, -0.05) is 125 Å². The monoisotopic (exact) mass is 750 g/mol. The second-order valence-electron chi connectivity index (χ2n) is 12.5. The Kier molecular flexibility index (Phi) is 7.94. The molecule has 2 heterocycles. The molecule has 0 bridgehead atoms. The van der Waals surface area contributed by atoms with Crippen molar-refractivity contribution in [2.75, 3.05) is 0 Å². The summed E-state index contributed by atoms with van der Waals surface area (Å²) in [5, 5.41) is 2.36. The fourth-order valence-electron chi connectivity index (χ4n) is 6.05. The van der Waals surface area contributed by atoms with Gasteiger partial charge >= 0.3 is 22.4 Å². The zero-order chi connectivity index (χ0) is 29.7. The van der Waals surface area contributed by atoms with Crippen molar-refractivity contribution in [1.29, 1.82) is 0 Å². The van der Waals surface area contributed by atoms with E-state index in [1.807, 2.05) is 30.5 Å². The molecular formula is C41H33AuN2. The van der Waals surface area contributed by atoms with Crippen LogP contribution in [0, 0.1) is 26.0 Å². The van der Waals surface area contributed by atoms with E-state index in [9.17, 15) is 0 Å². The molecule has 0 amide bonds. The molecule has 2 aromatic heterocycles. The molecule has 0 aliphatic rings. The Bertz CT molecular complexity index is 2110. The summed E-state index contributed by atoms with van der Waals surface area (Å²) in [6.45, 7) is 11.1. The normalized spacial score (nSPS) is 11.6. The smallest absolute Gasteiger partial charge is 0.663 e. The molecule has 44 heavy (non-hydrogen) atoms. The average molecular weight is 751 g/mol. The van der Waals surface area contributed by atoms with Gasteiger partial charge in [-0.2, -0.15) is 34.8 Å². The van der Waals surface area contributed by atoms with Crippen LogP contribution in [0.3, 0.4) is 0 Å². The second kappa shape index (κ2) is 11.7. The van der Waals surface area contributed by atoms with Gasteiger partial charge < -0.3 is 4.98 Å². The molecule has 0 aliphatic carbocycles. The number of hydrogen-bond acceptors (Lipinski definition) is 1. The fourth-order valence-corrected chi connectivity index (χ4v) is 6.05. The second-order valence-corrected chi connectivity index (χ2v) is 12.5. The Morgan fingerprint density at radius 2 is 1.34 bits per heavy atom. The van der Waals surface area contributed by atoms with Crippen molar-refractivity contribution in [2.45, 2.75) is 40.0 Å². The number of aromatic nitrogens is 2. The third-order valence-corrected chi connectivity index (χ3v) is 8.37. The van der Waals surface area contributed by atoms with Crippen molar-refractivity contribution in [1.82, 2.24) is 9.97 Å². The number of pyridine rings is 1. The number of aryl methyl sites for hydroxylation is 2. The minimum Gasteiger partial charge on any atom is -0.663 e. The van der Waals surface area contributed by atoms with E-state index in [2.05, 4.69) is 131 Å². The molecule has 0 spiro atoms. The summed E-state index contributed by atoms with van der Waals surface area (Å²) >= 11 is 0. The van der Waals surface area contributed by atoms with Gasteiger partial charge in [0.05, 0.1) is 0 Å². The summed E-state index contributed by atoms with van der Waals surface area (Å²) in [5.41, 5.74) is 14.2. The maximum absolute atomic E-state index is 5.05. The summed E-state index contributed by atoms with van der Waals surface area (Å²) in [5.74, 6) is 0. The van der Waals surface area contributed by atoms with Crippen molar-refractivity contribution in [3.63, 3.8) is 0 Å². The van der Waals surface area contributed by atoms with Gasteiger partial charge in [0.2, 0.25) is 0 Å². The molecule has 0 aliphatic heterocycles. The van der Waals surface area contributed by atoms with Crippen molar-refractivity contribution in [3.8, 4) is 44.6 Å². The number of fused-ring (bicyclic) bond motifs is 3. The molecule has 3 heteroatoms. The molecule has 7 aromatic rings. The van der Waals surface area contributed by atoms with E-state index in [0.717, 1.165) is 55.7 Å². The fraction of sp³-hybridized carbons (Fsp3) is 0.146. The van der Waals surface area contributed by atoms with Gasteiger partial charge in [-0.3, -0.25) is 4.98 Å². The Morgan fingerprint density at radius 1 is 0.636 bits per heavy atom. The van der Waals surface area contributed by atoms with E-state index in [1.54, 1.807) is 0 Å². The van der Waals surface area contributed by atoms with Crippen molar-refractivity contribution in [3.05, 3.63) is 138 Å². The number of hydrogen-bond donors (Lipinski definition) is 0. The van der Waals surface area contributed by atoms with Crippen LogP contribution in [-0.4, -0.2) is 4.98 Å². The maximum atomic E-state index is 5.05. The SMILES string of the molecule is Cc1cc(C)c(-c2cccc3c2[n-]c2ccccc23)[c-]c1-c1[c-]c(-c2ccccn2)cc(-c2ccc(C(C)(C)C)cc2)c1.[Au+3]. The zero-order valence-electron chi connectivity index (χ0n) is 25.6. The number of rotatable bonds is 4. The molecule has 0 N–H and O–H groups in total. The van der Waals surface area contributed by atoms with E-state index in [1.165, 1.54) is 27.5 Å². The van der Waals surface area contributed by atoms with Crippen LogP contribution in [0.5, 0.6) is 0 Å². The first-order chi connectivity index (χ1) is 20.8. The Labute approximate surface area is 275 Å². The van der Waals surface area contributed by atoms with E-state index in [0.29, 0.717) is 0 Å². The van der Waals surface area contributed by atoms with Crippen molar-refractivity contribution in [2.24, 2.45) is 0 Å². The quantitative estimate of drug-likeness (QED) is 0.132. The molecule has 0 atom stereocenters. The van der Waals surface area contributed by atoms with Gasteiger partial charge in [0.15, 0.2) is 0 Å². The summed E-state index contributed by atoms with van der Waals surface area (Å²) in [7, 11) is 0. The van der Waals surface area contributed by atoms with Crippen LogP contribution in [0.15, 0.2) is 109 Å². The summed E-state index contributed by atoms with van der Waals surface area (Å²) < 4.78 is 0. The molecule has 5 aromatic carbocycles.